The van der Waals surface area contributed by atoms with Crippen LogP contribution in [-0.4, -0.2) is 15.0 Å². The molecular weight excluding hydrogens is 691 g/mol. The number of para-hydroxylation sites is 1. The van der Waals surface area contributed by atoms with Gasteiger partial charge in [-0.25, -0.2) is 4.98 Å². The third kappa shape index (κ3) is 4.30. The van der Waals surface area contributed by atoms with Crippen molar-refractivity contribution < 1.29 is 4.42 Å². The number of pyridine rings is 3. The molecule has 258 valence electrons. The van der Waals surface area contributed by atoms with Crippen molar-refractivity contribution >= 4 is 75.3 Å². The highest BCUT2D eigenvalue weighted by molar-refractivity contribution is 7.26. The molecule has 12 rings (SSSR count). The van der Waals surface area contributed by atoms with Gasteiger partial charge in [-0.2, -0.15) is 0 Å². The fourth-order valence-electron chi connectivity index (χ4n) is 9.12. The van der Waals surface area contributed by atoms with E-state index in [-0.39, 0.29) is 5.41 Å². The van der Waals surface area contributed by atoms with Crippen LogP contribution >= 0.6 is 11.3 Å². The van der Waals surface area contributed by atoms with Gasteiger partial charge >= 0.3 is 0 Å². The monoisotopic (exact) mass is 721 g/mol. The topological polar surface area (TPSA) is 51.8 Å². The van der Waals surface area contributed by atoms with Crippen LogP contribution in [0.2, 0.25) is 0 Å². The van der Waals surface area contributed by atoms with Gasteiger partial charge in [-0.15, -0.1) is 11.3 Å². The highest BCUT2D eigenvalue weighted by atomic mass is 32.1. The summed E-state index contributed by atoms with van der Waals surface area (Å²) in [7, 11) is 0. The lowest BCUT2D eigenvalue weighted by Gasteiger charge is -2.22. The molecule has 5 heteroatoms. The molecule has 5 heterocycles. The van der Waals surface area contributed by atoms with Gasteiger partial charge in [0, 0.05) is 76.2 Å². The molecule has 11 aromatic rings. The van der Waals surface area contributed by atoms with E-state index in [2.05, 4.69) is 152 Å². The second-order valence-corrected chi connectivity index (χ2v) is 16.2. The fraction of sp³-hybridized carbons (Fsp3) is 0.0600. The molecule has 5 aromatic heterocycles. The minimum absolute atomic E-state index is 0.177. The number of thiophene rings is 1. The summed E-state index contributed by atoms with van der Waals surface area (Å²) in [6.07, 6.45) is 3.83. The minimum atomic E-state index is -0.177. The van der Waals surface area contributed by atoms with Gasteiger partial charge in [0.1, 0.15) is 11.2 Å². The predicted molar refractivity (Wildman–Crippen MR) is 229 cm³/mol. The van der Waals surface area contributed by atoms with Gasteiger partial charge in [0.2, 0.25) is 0 Å². The Labute approximate surface area is 320 Å². The largest absolute Gasteiger partial charge is 0.455 e. The lowest BCUT2D eigenvalue weighted by Crippen LogP contribution is -2.15. The number of benzene rings is 6. The Kier molecular flexibility index (Phi) is 6.24. The maximum Gasteiger partial charge on any atom is 0.144 e. The molecule has 0 atom stereocenters. The molecule has 0 N–H and O–H groups in total. The van der Waals surface area contributed by atoms with Crippen LogP contribution in [0.25, 0.3) is 109 Å². The number of hydrogen-bond donors (Lipinski definition) is 0. The number of aromatic nitrogens is 3. The minimum Gasteiger partial charge on any atom is -0.455 e. The lowest BCUT2D eigenvalue weighted by molar-refractivity contribution is 0.653. The summed E-state index contributed by atoms with van der Waals surface area (Å²) in [5.74, 6) is 0. The summed E-state index contributed by atoms with van der Waals surface area (Å²) in [6, 6.07) is 49.9. The van der Waals surface area contributed by atoms with E-state index in [1.54, 1.807) is 0 Å². The third-order valence-electron chi connectivity index (χ3n) is 11.8. The zero-order valence-corrected chi connectivity index (χ0v) is 30.9. The first kappa shape index (κ1) is 30.7. The van der Waals surface area contributed by atoms with E-state index in [1.807, 2.05) is 29.8 Å². The van der Waals surface area contributed by atoms with E-state index in [0.717, 1.165) is 55.3 Å². The first-order valence-electron chi connectivity index (χ1n) is 18.7. The number of nitrogens with zero attached hydrogens (tertiary/aromatic N) is 3. The summed E-state index contributed by atoms with van der Waals surface area (Å²) in [4.78, 5) is 14.7. The van der Waals surface area contributed by atoms with Crippen LogP contribution in [0.3, 0.4) is 0 Å². The molecule has 0 saturated heterocycles. The van der Waals surface area contributed by atoms with Gasteiger partial charge in [0.25, 0.3) is 0 Å². The molecule has 0 saturated carbocycles. The summed E-state index contributed by atoms with van der Waals surface area (Å²) in [6.45, 7) is 4.69. The third-order valence-corrected chi connectivity index (χ3v) is 13.0. The van der Waals surface area contributed by atoms with Crippen LogP contribution in [0, 0.1) is 0 Å². The van der Waals surface area contributed by atoms with E-state index < -0.39 is 0 Å². The van der Waals surface area contributed by atoms with Crippen LogP contribution in [0.15, 0.2) is 156 Å². The summed E-state index contributed by atoms with van der Waals surface area (Å²) in [5, 5.41) is 6.95. The Bertz CT molecular complexity index is 3410. The van der Waals surface area contributed by atoms with Gasteiger partial charge < -0.3 is 4.42 Å². The summed E-state index contributed by atoms with van der Waals surface area (Å²) >= 11 is 1.86. The van der Waals surface area contributed by atoms with Crippen molar-refractivity contribution in [2.75, 3.05) is 0 Å². The second kappa shape index (κ2) is 11.2. The lowest BCUT2D eigenvalue weighted by atomic mass is 9.81. The Morgan fingerprint density at radius 3 is 2.22 bits per heavy atom. The van der Waals surface area contributed by atoms with Crippen LogP contribution in [0.1, 0.15) is 25.0 Å². The van der Waals surface area contributed by atoms with Crippen LogP contribution in [0.4, 0.5) is 0 Å². The Morgan fingerprint density at radius 2 is 1.33 bits per heavy atom. The number of fused-ring (bicyclic) bond motifs is 13. The van der Waals surface area contributed by atoms with E-state index in [9.17, 15) is 0 Å². The first-order chi connectivity index (χ1) is 27.0. The molecule has 1 aliphatic rings. The normalized spacial score (nSPS) is 13.4. The van der Waals surface area contributed by atoms with Gasteiger partial charge in [-0.3, -0.25) is 9.97 Å². The van der Waals surface area contributed by atoms with Gasteiger partial charge in [-0.1, -0.05) is 117 Å². The highest BCUT2D eigenvalue weighted by Gasteiger charge is 2.39. The van der Waals surface area contributed by atoms with Crippen molar-refractivity contribution in [1.29, 1.82) is 0 Å². The maximum atomic E-state index is 6.85. The van der Waals surface area contributed by atoms with Crippen LogP contribution in [0.5, 0.6) is 0 Å². The van der Waals surface area contributed by atoms with Crippen molar-refractivity contribution in [3.63, 3.8) is 0 Å². The molecule has 4 nitrogen and oxygen atoms in total. The van der Waals surface area contributed by atoms with Gasteiger partial charge in [0.05, 0.1) is 22.4 Å². The smallest absolute Gasteiger partial charge is 0.144 e. The van der Waals surface area contributed by atoms with Crippen LogP contribution in [-0.2, 0) is 5.41 Å². The SMILES string of the molecule is CC1(C)c2ccccc2-c2c1cc(-c1ccc(-c3ccc(-c4ccc5ccc6cccnc6c5n4)nc3)c3c1sc1ccccc13)c1c2oc2ccccc21. The predicted octanol–water partition coefficient (Wildman–Crippen LogP) is 13.8. The zero-order valence-electron chi connectivity index (χ0n) is 30.1. The molecule has 6 aromatic carbocycles. The molecule has 0 aliphatic heterocycles. The van der Waals surface area contributed by atoms with E-state index in [0.29, 0.717) is 0 Å². The van der Waals surface area contributed by atoms with Crippen molar-refractivity contribution in [1.82, 2.24) is 15.0 Å². The fourth-order valence-corrected chi connectivity index (χ4v) is 10.4. The molecule has 1 aliphatic carbocycles. The average molecular weight is 722 g/mol. The van der Waals surface area contributed by atoms with Crippen molar-refractivity contribution in [3.8, 4) is 44.8 Å². The van der Waals surface area contributed by atoms with Gasteiger partial charge in [-0.05, 0) is 64.2 Å². The molecule has 0 bridgehead atoms. The zero-order chi connectivity index (χ0) is 36.4. The average Bonchev–Trinajstić information content (AvgIpc) is 3.89. The summed E-state index contributed by atoms with van der Waals surface area (Å²) < 4.78 is 9.38. The number of rotatable bonds is 3. The molecule has 0 fully saturated rings. The van der Waals surface area contributed by atoms with E-state index >= 15 is 0 Å². The van der Waals surface area contributed by atoms with Crippen molar-refractivity contribution in [2.45, 2.75) is 19.3 Å². The standard InChI is InChI=1S/C50H31N3OS/c1-50(2)37-14-6-3-11-33(37)45-38(50)26-36(43-34-12-4-7-15-41(34)54-48(43)45)32-22-21-31(44-35-13-5-8-16-42(35)55-49(32)44)30-20-23-39(52-27-30)40-24-19-29-18-17-28-10-9-25-51-46(28)47(29)53-40/h3-27H,1-2H3. The maximum absolute atomic E-state index is 6.85. The second-order valence-electron chi connectivity index (χ2n) is 15.1. The molecular formula is C50H31N3OS. The molecule has 0 radical (unpaired) electrons. The van der Waals surface area contributed by atoms with E-state index in [1.165, 1.54) is 64.5 Å². The van der Waals surface area contributed by atoms with Crippen molar-refractivity contribution in [2.24, 2.45) is 0 Å². The summed E-state index contributed by atoms with van der Waals surface area (Å²) in [5.41, 5.74) is 15.0. The van der Waals surface area contributed by atoms with Crippen molar-refractivity contribution in [3.05, 3.63) is 163 Å². The molecule has 55 heavy (non-hydrogen) atoms. The molecule has 0 spiro atoms. The van der Waals surface area contributed by atoms with Gasteiger partial charge in [0.15, 0.2) is 0 Å². The number of hydrogen-bond acceptors (Lipinski definition) is 5. The molecule has 0 unspecified atom stereocenters. The highest BCUT2D eigenvalue weighted by Crippen LogP contribution is 2.56. The Hall–Kier alpha value is -6.69. The Morgan fingerprint density at radius 1 is 0.564 bits per heavy atom. The quantitative estimate of drug-likeness (QED) is 0.170. The Balaban J connectivity index is 1.07. The van der Waals surface area contributed by atoms with Crippen LogP contribution < -0.4 is 0 Å². The molecule has 0 amide bonds. The number of furan rings is 1. The first-order valence-corrected chi connectivity index (χ1v) is 19.5. The van der Waals surface area contributed by atoms with E-state index in [4.69, 9.17) is 14.4 Å².